The minimum Gasteiger partial charge on any atom is -0.393 e. The molecule has 9 aliphatic carbocycles. The molecule has 17 rings (SSSR count). The van der Waals surface area contributed by atoms with Crippen LogP contribution in [-0.4, -0.2) is 217 Å². The summed E-state index contributed by atoms with van der Waals surface area (Å²) in [7, 11) is 10.7. The van der Waals surface area contributed by atoms with Crippen LogP contribution in [0.5, 0.6) is 0 Å². The molecule has 0 spiro atoms. The van der Waals surface area contributed by atoms with Crippen LogP contribution in [0, 0.1) is 27.1 Å². The van der Waals surface area contributed by atoms with Crippen molar-refractivity contribution >= 4 is 74.7 Å². The molecule has 5 aromatic rings. The number of rotatable bonds is 28. The van der Waals surface area contributed by atoms with Crippen LogP contribution < -0.4 is 26.6 Å². The number of hydrogen-bond acceptors (Lipinski definition) is 17. The molecule has 21 heteroatoms. The number of thiophene rings is 4. The lowest BCUT2D eigenvalue weighted by Gasteiger charge is -2.47. The van der Waals surface area contributed by atoms with Crippen molar-refractivity contribution in [2.24, 2.45) is 27.1 Å². The van der Waals surface area contributed by atoms with Crippen LogP contribution in [0.25, 0.3) is 5.70 Å². The molecular formula is C105H164N10O7S4. The average molecular weight is 1810 g/mol. The van der Waals surface area contributed by atoms with Crippen LogP contribution in [0.2, 0.25) is 0 Å². The number of likely N-dealkylation sites (tertiary alicyclic amines) is 2. The van der Waals surface area contributed by atoms with Gasteiger partial charge in [0.2, 0.25) is 0 Å². The van der Waals surface area contributed by atoms with Gasteiger partial charge in [0, 0.05) is 131 Å². The molecule has 17 nitrogen and oxygen atoms in total. The molecule has 0 unspecified atom stereocenters. The first-order chi connectivity index (χ1) is 61.0. The molecular weight excluding hydrogens is 1640 g/mol. The number of hydrogen-bond donors (Lipinski definition) is 7. The van der Waals surface area contributed by atoms with Crippen LogP contribution in [0.1, 0.15) is 342 Å². The Bertz CT molecular complexity index is 4110. The number of benzene rings is 1. The molecule has 7 N–H and O–H groups in total. The van der Waals surface area contributed by atoms with E-state index in [1.807, 2.05) is 14.1 Å². The van der Waals surface area contributed by atoms with Crippen molar-refractivity contribution < 1.29 is 34.1 Å². The number of aliphatic hydroxyl groups is 2. The van der Waals surface area contributed by atoms with Gasteiger partial charge in [-0.2, -0.15) is 0 Å². The van der Waals surface area contributed by atoms with Crippen molar-refractivity contribution in [3.05, 3.63) is 127 Å². The van der Waals surface area contributed by atoms with Crippen LogP contribution in [0.15, 0.2) is 49.0 Å². The van der Waals surface area contributed by atoms with Crippen molar-refractivity contribution in [1.29, 1.82) is 0 Å². The molecule has 3 aliphatic heterocycles. The Hall–Kier alpha value is -4.88. The van der Waals surface area contributed by atoms with E-state index in [4.69, 9.17) is 4.74 Å². The third kappa shape index (κ3) is 29.1. The van der Waals surface area contributed by atoms with Gasteiger partial charge in [0.25, 0.3) is 23.6 Å². The number of carbonyl (C=O) groups excluding carboxylic acids is 4. The molecule has 0 atom stereocenters. The Morgan fingerprint density at radius 2 is 0.714 bits per heavy atom. The SMILES string of the molecule is C=C(NCC1(CN(C)C)CCCC1)c1ccc2c(c1)CCCCCC2.CCCN(C)CC1(CNC(=O)c2cc3c(s2)CCCCC3)CCCC1.CN(C)CC1(CNC(=O)c2cc3c(s2)CCCCCC3)CC(O)C1.O=C(NCC1(CN2CCC2)CCOCC1)c1cc2c(s1)CCCCCC2.O=C(NCC1(CN2CCCC2)CC(O)C1)c1cc2c(s1)CCCCCC2. The Balaban J connectivity index is 0.000000135. The van der Waals surface area contributed by atoms with Gasteiger partial charge in [0.1, 0.15) is 0 Å². The molecule has 4 aromatic heterocycles. The van der Waals surface area contributed by atoms with Crippen molar-refractivity contribution in [2.45, 2.75) is 321 Å². The summed E-state index contributed by atoms with van der Waals surface area (Å²) in [5, 5.41) is 36.2. The number of amides is 4. The highest BCUT2D eigenvalue weighted by Crippen LogP contribution is 2.46. The first kappa shape index (κ1) is 98.6. The predicted molar refractivity (Wildman–Crippen MR) is 526 cm³/mol. The van der Waals surface area contributed by atoms with Gasteiger partial charge in [-0.15, -0.1) is 45.3 Å². The summed E-state index contributed by atoms with van der Waals surface area (Å²) >= 11 is 6.86. The smallest absolute Gasteiger partial charge is 0.261 e. The topological polar surface area (TPSA) is 194 Å². The van der Waals surface area contributed by atoms with Crippen molar-refractivity contribution in [2.75, 3.05) is 147 Å². The van der Waals surface area contributed by atoms with Gasteiger partial charge in [0.05, 0.1) is 31.7 Å². The molecule has 1 aromatic carbocycles. The van der Waals surface area contributed by atoms with Crippen LogP contribution in [0.4, 0.5) is 0 Å². The molecule has 700 valence electrons. The number of fused-ring (bicyclic) bond motifs is 5. The van der Waals surface area contributed by atoms with E-state index < -0.39 is 0 Å². The van der Waals surface area contributed by atoms with Crippen LogP contribution in [0.3, 0.4) is 0 Å². The molecule has 0 radical (unpaired) electrons. The molecule has 4 amide bonds. The van der Waals surface area contributed by atoms with Gasteiger partial charge in [0.15, 0.2) is 0 Å². The summed E-state index contributed by atoms with van der Waals surface area (Å²) in [5.74, 6) is 0.439. The summed E-state index contributed by atoms with van der Waals surface area (Å²) in [6.07, 6.45) is 57.0. The molecule has 0 bridgehead atoms. The molecule has 3 saturated heterocycles. The van der Waals surface area contributed by atoms with E-state index >= 15 is 0 Å². The number of aryl methyl sites for hydroxylation is 10. The lowest BCUT2D eigenvalue weighted by molar-refractivity contribution is -0.0464. The van der Waals surface area contributed by atoms with Crippen molar-refractivity contribution in [3.8, 4) is 0 Å². The predicted octanol–water partition coefficient (Wildman–Crippen LogP) is 19.5. The zero-order valence-electron chi connectivity index (χ0n) is 79.0. The average Bonchev–Trinajstić information content (AvgIpc) is 1.37. The lowest BCUT2D eigenvalue weighted by atomic mass is 9.66. The van der Waals surface area contributed by atoms with Gasteiger partial charge >= 0.3 is 0 Å². The van der Waals surface area contributed by atoms with E-state index in [-0.39, 0.29) is 57.5 Å². The van der Waals surface area contributed by atoms with E-state index in [1.54, 1.807) is 56.5 Å². The maximum absolute atomic E-state index is 12.8. The summed E-state index contributed by atoms with van der Waals surface area (Å²) in [6.45, 7) is 23.5. The second kappa shape index (κ2) is 48.7. The summed E-state index contributed by atoms with van der Waals surface area (Å²) in [6, 6.07) is 15.6. The van der Waals surface area contributed by atoms with E-state index in [1.165, 1.54) is 298 Å². The maximum atomic E-state index is 12.8. The monoisotopic (exact) mass is 1810 g/mol. The summed E-state index contributed by atoms with van der Waals surface area (Å²) in [4.78, 5) is 72.3. The zero-order valence-corrected chi connectivity index (χ0v) is 82.2. The third-order valence-corrected chi connectivity index (χ3v) is 35.3. The fourth-order valence-corrected chi connectivity index (χ4v) is 28.0. The standard InChI is InChI=1S/C23H36N2.2C21H32N2O2S.C21H34N2OS.C19H30N2O2S/c1-19(24-17-23(18-25(2)3)14-8-9-15-23)21-13-12-20-10-6-4-5-7-11-22(20)16-21;24-17-12-21(13-17,15-23-9-5-6-10-23)14-22-20(25)19-11-16-7-3-1-2-4-8-18(16)26-19;24-20(19-14-17-6-3-1-2-4-7-18(17)26-19)22-15-21(8-12-25-13-9-21)16-23-10-5-11-23;1-3-13-23(2)16-21(11-7-8-12-21)15-22-20(24)19-14-17-9-5-4-6-10-18(17)25-19;1-21(2)13-19(10-15(22)11-19)12-20-18(23)17-9-14-7-5-3-4-6-8-16(14)24-17/h12-13,16,24H,1,4-11,14-15,17-18H2,2-3H3;11,17,24H,1-10,12-15H2,(H,22,25);14H,1-13,15-16H2,(H,22,24);14H,3-13,15-16H2,1-2H3,(H,22,24);9,15,22H,3-8,10-13H2,1-2H3,(H,20,23). The van der Waals surface area contributed by atoms with Crippen molar-refractivity contribution in [1.82, 2.24) is 51.1 Å². The molecule has 7 fully saturated rings. The Labute approximate surface area is 776 Å². The number of carbonyl (C=O) groups is 4. The van der Waals surface area contributed by atoms with Gasteiger partial charge in [-0.25, -0.2) is 0 Å². The minimum atomic E-state index is -0.205. The van der Waals surface area contributed by atoms with Gasteiger partial charge < -0.3 is 66.0 Å². The highest BCUT2D eigenvalue weighted by atomic mass is 32.1. The second-order valence-electron chi connectivity index (χ2n) is 42.0. The largest absolute Gasteiger partial charge is 0.393 e. The molecule has 4 saturated carbocycles. The first-order valence-corrected chi connectivity index (χ1v) is 53.8. The first-order valence-electron chi connectivity index (χ1n) is 50.6. The fourth-order valence-electron chi connectivity index (χ4n) is 23.3. The fraction of sp³-hybridized carbons (Fsp3) is 0.733. The van der Waals surface area contributed by atoms with E-state index in [2.05, 4.69) is 128 Å². The number of ether oxygens (including phenoxy) is 1. The van der Waals surface area contributed by atoms with Gasteiger partial charge in [-0.05, 0) is 356 Å². The normalized spacial score (nSPS) is 23.9. The van der Waals surface area contributed by atoms with E-state index in [9.17, 15) is 29.4 Å². The third-order valence-electron chi connectivity index (χ3n) is 30.3. The number of nitrogens with one attached hydrogen (secondary N) is 5. The maximum Gasteiger partial charge on any atom is 0.261 e. The van der Waals surface area contributed by atoms with E-state index in [0.29, 0.717) is 18.5 Å². The van der Waals surface area contributed by atoms with Crippen LogP contribution >= 0.6 is 45.3 Å². The lowest BCUT2D eigenvalue weighted by Crippen LogP contribution is -2.54. The van der Waals surface area contributed by atoms with Crippen LogP contribution in [-0.2, 0) is 68.9 Å². The Morgan fingerprint density at radius 1 is 0.381 bits per heavy atom. The van der Waals surface area contributed by atoms with E-state index in [0.717, 1.165) is 174 Å². The Kier molecular flexibility index (Phi) is 38.1. The van der Waals surface area contributed by atoms with Crippen molar-refractivity contribution in [3.63, 3.8) is 0 Å². The number of aliphatic hydroxyl groups excluding tert-OH is 2. The Morgan fingerprint density at radius 3 is 1.11 bits per heavy atom. The number of nitrogens with zero attached hydrogens (tertiary/aromatic N) is 5. The summed E-state index contributed by atoms with van der Waals surface area (Å²) in [5.41, 5.74) is 12.2. The zero-order chi connectivity index (χ0) is 88.4. The van der Waals surface area contributed by atoms with Gasteiger partial charge in [-0.1, -0.05) is 109 Å². The highest BCUT2D eigenvalue weighted by molar-refractivity contribution is 7.15. The second-order valence-corrected chi connectivity index (χ2v) is 46.5. The molecule has 12 aliphatic rings. The molecule has 126 heavy (non-hydrogen) atoms. The van der Waals surface area contributed by atoms with Gasteiger partial charge in [-0.3, -0.25) is 19.2 Å². The summed E-state index contributed by atoms with van der Waals surface area (Å²) < 4.78 is 5.60. The highest BCUT2D eigenvalue weighted by Gasteiger charge is 2.47. The minimum absolute atomic E-state index is 0.0322. The molecule has 7 heterocycles. The quantitative estimate of drug-likeness (QED) is 0.0234.